The Morgan fingerprint density at radius 1 is 1.50 bits per heavy atom. The van der Waals surface area contributed by atoms with Gasteiger partial charge in [-0.15, -0.1) is 11.8 Å². The van der Waals surface area contributed by atoms with Gasteiger partial charge in [0.05, 0.1) is 10.2 Å². The summed E-state index contributed by atoms with van der Waals surface area (Å²) < 4.78 is 0. The fraction of sp³-hybridized carbons (Fsp3) is 0.143. The van der Waals surface area contributed by atoms with Gasteiger partial charge in [-0.05, 0) is 23.6 Å². The Bertz CT molecular complexity index is 237. The van der Waals surface area contributed by atoms with E-state index in [1.807, 2.05) is 18.4 Å². The molecule has 0 aliphatic rings. The summed E-state index contributed by atoms with van der Waals surface area (Å²) in [7, 11) is 3.32. The van der Waals surface area contributed by atoms with E-state index in [0.717, 1.165) is 10.1 Å². The number of phenols is 1. The minimum Gasteiger partial charge on any atom is -0.508 e. The van der Waals surface area contributed by atoms with Gasteiger partial charge in [-0.1, -0.05) is 6.07 Å². The molecule has 0 atom stereocenters. The van der Waals surface area contributed by atoms with Crippen molar-refractivity contribution in [2.75, 3.05) is 6.26 Å². The maximum Gasteiger partial charge on any atom is 0.115 e. The zero-order chi connectivity index (χ0) is 7.56. The molecule has 3 heteroatoms. The second-order valence-electron chi connectivity index (χ2n) is 1.85. The normalized spacial score (nSPS) is 9.80. The van der Waals surface area contributed by atoms with Crippen molar-refractivity contribution in [2.24, 2.45) is 0 Å². The van der Waals surface area contributed by atoms with E-state index in [1.54, 1.807) is 17.8 Å². The molecule has 0 saturated heterocycles. The fourth-order valence-electron chi connectivity index (χ4n) is 0.690. The maximum atomic E-state index is 9.17. The first kappa shape index (κ1) is 7.69. The Hall–Kier alpha value is -0.413. The van der Waals surface area contributed by atoms with Crippen LogP contribution in [-0.2, 0) is 0 Å². The van der Waals surface area contributed by atoms with Crippen LogP contribution in [0.5, 0.6) is 5.75 Å². The molecule has 0 amide bonds. The SMILES string of the molecule is CSc1cccc(O)c1[Si]. The van der Waals surface area contributed by atoms with Gasteiger partial charge in [-0.25, -0.2) is 0 Å². The third-order valence-corrected chi connectivity index (χ3v) is 2.71. The van der Waals surface area contributed by atoms with E-state index in [4.69, 9.17) is 5.11 Å². The molecule has 1 N–H and O–H groups in total. The highest BCUT2D eigenvalue weighted by molar-refractivity contribution is 7.98. The molecular weight excluding hydrogens is 160 g/mol. The minimum absolute atomic E-state index is 0.295. The number of rotatable bonds is 1. The summed E-state index contributed by atoms with van der Waals surface area (Å²) in [5.74, 6) is 0.295. The van der Waals surface area contributed by atoms with Crippen LogP contribution in [0.1, 0.15) is 0 Å². The zero-order valence-electron chi connectivity index (χ0n) is 5.59. The van der Waals surface area contributed by atoms with Crippen molar-refractivity contribution in [3.63, 3.8) is 0 Å². The van der Waals surface area contributed by atoms with Gasteiger partial charge in [0.15, 0.2) is 0 Å². The van der Waals surface area contributed by atoms with E-state index >= 15 is 0 Å². The van der Waals surface area contributed by atoms with Gasteiger partial charge in [0.1, 0.15) is 5.75 Å². The van der Waals surface area contributed by atoms with Crippen LogP contribution in [0, 0.1) is 0 Å². The second-order valence-corrected chi connectivity index (χ2v) is 3.20. The van der Waals surface area contributed by atoms with Crippen LogP contribution in [0.4, 0.5) is 0 Å². The predicted molar refractivity (Wildman–Crippen MR) is 45.3 cm³/mol. The highest BCUT2D eigenvalue weighted by atomic mass is 32.2. The monoisotopic (exact) mass is 167 g/mol. The Kier molecular flexibility index (Phi) is 2.40. The number of thioether (sulfide) groups is 1. The van der Waals surface area contributed by atoms with Crippen LogP contribution in [0.15, 0.2) is 23.1 Å². The van der Waals surface area contributed by atoms with Gasteiger partial charge in [-0.2, -0.15) is 0 Å². The average Bonchev–Trinajstić information content (AvgIpc) is 1.95. The first-order chi connectivity index (χ1) is 4.75. The molecule has 0 bridgehead atoms. The largest absolute Gasteiger partial charge is 0.508 e. The van der Waals surface area contributed by atoms with Gasteiger partial charge in [-0.3, -0.25) is 0 Å². The second kappa shape index (κ2) is 3.12. The van der Waals surface area contributed by atoms with Crippen LogP contribution in [0.3, 0.4) is 0 Å². The fourth-order valence-corrected chi connectivity index (χ4v) is 1.69. The van der Waals surface area contributed by atoms with Crippen molar-refractivity contribution in [1.82, 2.24) is 0 Å². The molecule has 1 aromatic rings. The Labute approximate surface area is 67.9 Å². The summed E-state index contributed by atoms with van der Waals surface area (Å²) in [5.41, 5.74) is 0. The predicted octanol–water partition coefficient (Wildman–Crippen LogP) is 0.908. The van der Waals surface area contributed by atoms with Crippen LogP contribution in [-0.4, -0.2) is 21.6 Å². The molecule has 1 rings (SSSR count). The molecule has 1 aromatic carbocycles. The lowest BCUT2D eigenvalue weighted by molar-refractivity contribution is 0.478. The van der Waals surface area contributed by atoms with Crippen molar-refractivity contribution < 1.29 is 5.11 Å². The van der Waals surface area contributed by atoms with E-state index < -0.39 is 0 Å². The highest BCUT2D eigenvalue weighted by Crippen LogP contribution is 2.15. The summed E-state index contributed by atoms with van der Waals surface area (Å²) >= 11 is 1.60. The molecule has 1 nitrogen and oxygen atoms in total. The van der Waals surface area contributed by atoms with Crippen LogP contribution in [0.25, 0.3) is 0 Å². The van der Waals surface area contributed by atoms with Gasteiger partial charge in [0, 0.05) is 4.90 Å². The molecule has 0 aliphatic heterocycles. The van der Waals surface area contributed by atoms with Crippen molar-refractivity contribution >= 4 is 27.2 Å². The first-order valence-electron chi connectivity index (χ1n) is 2.83. The van der Waals surface area contributed by atoms with E-state index in [1.165, 1.54) is 0 Å². The maximum absolute atomic E-state index is 9.17. The van der Waals surface area contributed by atoms with Crippen molar-refractivity contribution in [3.05, 3.63) is 18.2 Å². The molecule has 0 spiro atoms. The number of benzene rings is 1. The summed E-state index contributed by atoms with van der Waals surface area (Å²) in [5, 5.41) is 9.94. The van der Waals surface area contributed by atoms with Gasteiger partial charge in [0.25, 0.3) is 0 Å². The number of phenolic OH excluding ortho intramolecular Hbond substituents is 1. The standard InChI is InChI=1S/C7H7OSSi/c1-9-6-4-2-3-5(8)7(6)10/h2-4,8H,1H3. The molecule has 51 valence electrons. The topological polar surface area (TPSA) is 20.2 Å². The van der Waals surface area contributed by atoms with Gasteiger partial charge in [0.2, 0.25) is 0 Å². The molecule has 3 radical (unpaired) electrons. The molecular formula is C7H7OSSi. The van der Waals surface area contributed by atoms with E-state index in [2.05, 4.69) is 10.2 Å². The molecule has 0 fully saturated rings. The van der Waals surface area contributed by atoms with Gasteiger partial charge < -0.3 is 5.11 Å². The lowest BCUT2D eigenvalue weighted by atomic mass is 10.3. The minimum atomic E-state index is 0.295. The molecule has 10 heavy (non-hydrogen) atoms. The van der Waals surface area contributed by atoms with Crippen LogP contribution < -0.4 is 5.19 Å². The van der Waals surface area contributed by atoms with Crippen molar-refractivity contribution in [1.29, 1.82) is 0 Å². The summed E-state index contributed by atoms with van der Waals surface area (Å²) in [4.78, 5) is 1.05. The Morgan fingerprint density at radius 3 is 2.70 bits per heavy atom. The average molecular weight is 167 g/mol. The number of hydrogen-bond acceptors (Lipinski definition) is 2. The summed E-state index contributed by atoms with van der Waals surface area (Å²) in [6.07, 6.45) is 1.97. The van der Waals surface area contributed by atoms with Crippen LogP contribution in [0.2, 0.25) is 0 Å². The lowest BCUT2D eigenvalue weighted by Gasteiger charge is -2.02. The van der Waals surface area contributed by atoms with Gasteiger partial charge >= 0.3 is 0 Å². The first-order valence-corrected chi connectivity index (χ1v) is 4.55. The third-order valence-electron chi connectivity index (χ3n) is 1.22. The summed E-state index contributed by atoms with van der Waals surface area (Å²) in [6, 6.07) is 5.43. The number of aromatic hydroxyl groups is 1. The van der Waals surface area contributed by atoms with Crippen molar-refractivity contribution in [2.45, 2.75) is 4.90 Å². The highest BCUT2D eigenvalue weighted by Gasteiger charge is 1.98. The molecule has 0 aromatic heterocycles. The molecule has 0 heterocycles. The zero-order valence-corrected chi connectivity index (χ0v) is 7.40. The third kappa shape index (κ3) is 1.35. The molecule has 0 unspecified atom stereocenters. The number of hydrogen-bond donors (Lipinski definition) is 1. The quantitative estimate of drug-likeness (QED) is 0.495. The van der Waals surface area contributed by atoms with E-state index in [-0.39, 0.29) is 0 Å². The smallest absolute Gasteiger partial charge is 0.115 e. The van der Waals surface area contributed by atoms with E-state index in [9.17, 15) is 0 Å². The Balaban J connectivity index is 3.14. The Morgan fingerprint density at radius 2 is 2.20 bits per heavy atom. The van der Waals surface area contributed by atoms with Crippen LogP contribution >= 0.6 is 11.8 Å². The lowest BCUT2D eigenvalue weighted by Crippen LogP contribution is -2.05. The van der Waals surface area contributed by atoms with E-state index in [0.29, 0.717) is 5.75 Å². The summed E-state index contributed by atoms with van der Waals surface area (Å²) in [6.45, 7) is 0. The van der Waals surface area contributed by atoms with Crippen molar-refractivity contribution in [3.8, 4) is 5.75 Å². The molecule has 0 saturated carbocycles. The molecule has 0 aliphatic carbocycles.